The Morgan fingerprint density at radius 3 is 2.69 bits per heavy atom. The lowest BCUT2D eigenvalue weighted by atomic mass is 9.91. The Bertz CT molecular complexity index is 1450. The summed E-state index contributed by atoms with van der Waals surface area (Å²) in [5, 5.41) is 19.4. The summed E-state index contributed by atoms with van der Waals surface area (Å²) in [5.74, 6) is -0.378. The predicted molar refractivity (Wildman–Crippen MR) is 126 cm³/mol. The first kappa shape index (κ1) is 23.9. The molecule has 0 bridgehead atoms. The third-order valence-corrected chi connectivity index (χ3v) is 6.75. The van der Waals surface area contributed by atoms with Gasteiger partial charge in [-0.1, -0.05) is 18.2 Å². The SMILES string of the molecule is CN1CC[C@@](O)(c2cccc(-c3nc(-c4ccnc(Nc5cn(C)nc5C(F)(F)F)n4)cs3)c2)C1=O. The lowest BCUT2D eigenvalue weighted by molar-refractivity contribution is -0.143. The van der Waals surface area contributed by atoms with Gasteiger partial charge in [0.1, 0.15) is 10.7 Å². The van der Waals surface area contributed by atoms with Gasteiger partial charge in [0.05, 0.1) is 11.4 Å². The topological polar surface area (TPSA) is 109 Å². The minimum atomic E-state index is -4.63. The van der Waals surface area contributed by atoms with Crippen molar-refractivity contribution in [3.63, 3.8) is 0 Å². The van der Waals surface area contributed by atoms with Crippen LogP contribution in [0.25, 0.3) is 22.0 Å². The first-order valence-electron chi connectivity index (χ1n) is 10.8. The van der Waals surface area contributed by atoms with E-state index >= 15 is 0 Å². The van der Waals surface area contributed by atoms with Crippen molar-refractivity contribution in [2.24, 2.45) is 7.05 Å². The highest BCUT2D eigenvalue weighted by molar-refractivity contribution is 7.13. The van der Waals surface area contributed by atoms with Gasteiger partial charge in [-0.2, -0.15) is 18.3 Å². The molecule has 0 aliphatic carbocycles. The molecule has 1 fully saturated rings. The molecule has 9 nitrogen and oxygen atoms in total. The summed E-state index contributed by atoms with van der Waals surface area (Å²) in [7, 11) is 3.04. The molecule has 0 saturated carbocycles. The predicted octanol–water partition coefficient (Wildman–Crippen LogP) is 3.81. The van der Waals surface area contributed by atoms with Gasteiger partial charge < -0.3 is 15.3 Å². The molecular formula is C23H20F3N7O2S. The quantitative estimate of drug-likeness (QED) is 0.416. The molecule has 4 aromatic rings. The zero-order chi connectivity index (χ0) is 25.7. The van der Waals surface area contributed by atoms with Crippen molar-refractivity contribution in [3.8, 4) is 22.0 Å². The monoisotopic (exact) mass is 515 g/mol. The fourth-order valence-corrected chi connectivity index (χ4v) is 4.84. The molecule has 1 aliphatic rings. The van der Waals surface area contributed by atoms with Crippen molar-refractivity contribution >= 4 is 28.9 Å². The lowest BCUT2D eigenvalue weighted by Gasteiger charge is -2.21. The molecule has 1 aromatic carbocycles. The minimum absolute atomic E-state index is 0.0337. The van der Waals surface area contributed by atoms with Crippen LogP contribution in [0, 0.1) is 0 Å². The fraction of sp³-hybridized carbons (Fsp3) is 0.261. The van der Waals surface area contributed by atoms with Crippen LogP contribution < -0.4 is 5.32 Å². The molecule has 186 valence electrons. The van der Waals surface area contributed by atoms with E-state index < -0.39 is 17.5 Å². The van der Waals surface area contributed by atoms with Gasteiger partial charge in [0.25, 0.3) is 5.91 Å². The van der Waals surface area contributed by atoms with E-state index in [1.807, 2.05) is 6.07 Å². The summed E-state index contributed by atoms with van der Waals surface area (Å²) in [6.45, 7) is 0.467. The van der Waals surface area contributed by atoms with Crippen LogP contribution in [0.5, 0.6) is 0 Å². The molecule has 1 aliphatic heterocycles. The van der Waals surface area contributed by atoms with Crippen LogP contribution in [0.3, 0.4) is 0 Å². The number of likely N-dealkylation sites (tertiary alicyclic amines) is 1. The number of aromatic nitrogens is 5. The molecular weight excluding hydrogens is 495 g/mol. The average Bonchev–Trinajstić information content (AvgIpc) is 3.55. The van der Waals surface area contributed by atoms with E-state index in [-0.39, 0.29) is 17.5 Å². The van der Waals surface area contributed by atoms with E-state index in [0.29, 0.717) is 34.9 Å². The number of aryl methyl sites for hydroxylation is 1. The molecule has 1 amide bonds. The van der Waals surface area contributed by atoms with Crippen LogP contribution in [0.15, 0.2) is 48.1 Å². The van der Waals surface area contributed by atoms with Crippen molar-refractivity contribution < 1.29 is 23.1 Å². The van der Waals surface area contributed by atoms with Gasteiger partial charge in [0.15, 0.2) is 11.3 Å². The molecule has 2 N–H and O–H groups in total. The number of halogens is 3. The van der Waals surface area contributed by atoms with Crippen LogP contribution in [0.4, 0.5) is 24.8 Å². The molecule has 5 rings (SSSR count). The van der Waals surface area contributed by atoms with Gasteiger partial charge in [-0.25, -0.2) is 15.0 Å². The van der Waals surface area contributed by atoms with Gasteiger partial charge in [-0.05, 0) is 17.7 Å². The van der Waals surface area contributed by atoms with Crippen LogP contribution in [-0.4, -0.2) is 54.2 Å². The van der Waals surface area contributed by atoms with Crippen molar-refractivity contribution in [2.75, 3.05) is 18.9 Å². The maximum Gasteiger partial charge on any atom is 0.437 e. The molecule has 4 heterocycles. The Kier molecular flexibility index (Phi) is 5.75. The molecule has 0 spiro atoms. The Morgan fingerprint density at radius 1 is 1.17 bits per heavy atom. The molecule has 36 heavy (non-hydrogen) atoms. The summed E-state index contributed by atoms with van der Waals surface area (Å²) in [4.78, 5) is 26.9. The number of nitrogens with one attached hydrogen (secondary N) is 1. The number of rotatable bonds is 5. The van der Waals surface area contributed by atoms with E-state index in [2.05, 4.69) is 25.4 Å². The second kappa shape index (κ2) is 8.68. The second-order valence-electron chi connectivity index (χ2n) is 8.41. The molecule has 3 aromatic heterocycles. The maximum atomic E-state index is 13.3. The number of anilines is 2. The van der Waals surface area contributed by atoms with Gasteiger partial charge >= 0.3 is 6.18 Å². The normalized spacial score (nSPS) is 18.2. The van der Waals surface area contributed by atoms with Crippen molar-refractivity contribution in [1.29, 1.82) is 0 Å². The highest BCUT2D eigenvalue weighted by Crippen LogP contribution is 2.37. The Morgan fingerprint density at radius 2 is 1.97 bits per heavy atom. The van der Waals surface area contributed by atoms with Crippen LogP contribution in [-0.2, 0) is 23.6 Å². The third kappa shape index (κ3) is 4.31. The zero-order valence-electron chi connectivity index (χ0n) is 19.1. The van der Waals surface area contributed by atoms with Gasteiger partial charge in [-0.3, -0.25) is 9.48 Å². The number of carbonyl (C=O) groups is 1. The number of carbonyl (C=O) groups excluding carboxylic acids is 1. The van der Waals surface area contributed by atoms with Crippen LogP contribution in [0.2, 0.25) is 0 Å². The van der Waals surface area contributed by atoms with Crippen LogP contribution >= 0.6 is 11.3 Å². The number of hydrogen-bond donors (Lipinski definition) is 2. The third-order valence-electron chi connectivity index (χ3n) is 5.86. The standard InChI is InChI=1S/C23H20F3N7O2S/c1-32-9-7-22(35,20(32)34)14-5-3-4-13(10-14)19-28-17(12-36-19)15-6-8-27-21(29-15)30-16-11-33(2)31-18(16)23(24,25)26/h3-6,8,10-12,35H,7,9H2,1-2H3,(H,27,29,30)/t22-/m1/s1. The molecule has 0 unspecified atom stereocenters. The van der Waals surface area contributed by atoms with E-state index in [1.165, 1.54) is 35.7 Å². The van der Waals surface area contributed by atoms with E-state index in [1.54, 1.807) is 36.7 Å². The number of amides is 1. The summed E-state index contributed by atoms with van der Waals surface area (Å²) in [6, 6.07) is 8.64. The first-order valence-corrected chi connectivity index (χ1v) is 11.7. The van der Waals surface area contributed by atoms with E-state index in [0.717, 1.165) is 10.2 Å². The van der Waals surface area contributed by atoms with E-state index in [9.17, 15) is 23.1 Å². The zero-order valence-corrected chi connectivity index (χ0v) is 19.9. The van der Waals surface area contributed by atoms with Gasteiger partial charge in [-0.15, -0.1) is 11.3 Å². The Balaban J connectivity index is 1.41. The molecule has 13 heteroatoms. The van der Waals surface area contributed by atoms with Crippen molar-refractivity contribution in [3.05, 3.63) is 59.4 Å². The van der Waals surface area contributed by atoms with Crippen LogP contribution in [0.1, 0.15) is 17.7 Å². The van der Waals surface area contributed by atoms with Gasteiger partial charge in [0.2, 0.25) is 5.95 Å². The van der Waals surface area contributed by atoms with Crippen molar-refractivity contribution in [1.82, 2.24) is 29.6 Å². The average molecular weight is 516 g/mol. The Labute approximate surface area is 207 Å². The first-order chi connectivity index (χ1) is 17.0. The molecule has 0 radical (unpaired) electrons. The molecule has 1 atom stereocenters. The summed E-state index contributed by atoms with van der Waals surface area (Å²) >= 11 is 1.34. The summed E-state index contributed by atoms with van der Waals surface area (Å²) in [5.41, 5.74) is -0.766. The largest absolute Gasteiger partial charge is 0.437 e. The number of nitrogens with zero attached hydrogens (tertiary/aromatic N) is 6. The number of aliphatic hydroxyl groups is 1. The number of alkyl halides is 3. The smallest absolute Gasteiger partial charge is 0.375 e. The fourth-order valence-electron chi connectivity index (χ4n) is 4.03. The number of hydrogen-bond acceptors (Lipinski definition) is 8. The second-order valence-corrected chi connectivity index (χ2v) is 9.27. The summed E-state index contributed by atoms with van der Waals surface area (Å²) < 4.78 is 40.8. The number of thiazole rings is 1. The minimum Gasteiger partial charge on any atom is -0.375 e. The summed E-state index contributed by atoms with van der Waals surface area (Å²) in [6.07, 6.45) is -1.71. The lowest BCUT2D eigenvalue weighted by Crippen LogP contribution is -2.36. The molecule has 1 saturated heterocycles. The highest BCUT2D eigenvalue weighted by atomic mass is 32.1. The highest BCUT2D eigenvalue weighted by Gasteiger charge is 2.45. The maximum absolute atomic E-state index is 13.3. The van der Waals surface area contributed by atoms with E-state index in [4.69, 9.17) is 0 Å². The Hall–Kier alpha value is -3.84. The van der Waals surface area contributed by atoms with Gasteiger partial charge in [0, 0.05) is 50.4 Å². The van der Waals surface area contributed by atoms with Crippen molar-refractivity contribution in [2.45, 2.75) is 18.2 Å². The number of likely N-dealkylation sites (N-methyl/N-ethyl adjacent to an activating group) is 1. The number of benzene rings is 1.